The topological polar surface area (TPSA) is 118 Å². The van der Waals surface area contributed by atoms with Crippen molar-refractivity contribution in [3.05, 3.63) is 130 Å². The zero-order valence-corrected chi connectivity index (χ0v) is 38.5. The molecule has 0 aromatic heterocycles. The molecule has 2 heterocycles. The molecule has 58 heavy (non-hydrogen) atoms. The van der Waals surface area contributed by atoms with Gasteiger partial charge in [-0.2, -0.15) is 13.0 Å². The van der Waals surface area contributed by atoms with E-state index in [1.54, 1.807) is 0 Å². The van der Waals surface area contributed by atoms with Crippen molar-refractivity contribution in [2.45, 2.75) is 83.5 Å². The molecule has 8 nitrogen and oxygen atoms in total. The van der Waals surface area contributed by atoms with Gasteiger partial charge in [0.05, 0.1) is 21.3 Å². The molecule has 0 saturated heterocycles. The maximum atomic E-state index is 11.5. The van der Waals surface area contributed by atoms with Crippen LogP contribution in [0.15, 0.2) is 119 Å². The van der Waals surface area contributed by atoms with Crippen LogP contribution in [0.3, 0.4) is 0 Å². The zero-order chi connectivity index (χ0) is 40.8. The summed E-state index contributed by atoms with van der Waals surface area (Å²) in [7, 11) is -8.32. The van der Waals surface area contributed by atoms with Crippen LogP contribution in [0.1, 0.15) is 83.8 Å². The third-order valence-electron chi connectivity index (χ3n) is 11.9. The fourth-order valence-corrected chi connectivity index (χ4v) is 10.7. The van der Waals surface area contributed by atoms with Gasteiger partial charge in [0.15, 0.2) is 5.71 Å². The monoisotopic (exact) mass is 849 g/mol. The molecule has 1 N–H and O–H groups in total. The molecule has 12 heteroatoms. The Labute approximate surface area is 370 Å². The van der Waals surface area contributed by atoms with Gasteiger partial charge < -0.3 is 9.45 Å². The molecule has 1 aliphatic carbocycles. The number of hydrogen-bond donors (Lipinski definition) is 1. The van der Waals surface area contributed by atoms with E-state index in [4.69, 9.17) is 11.6 Å². The molecule has 7 rings (SSSR count). The van der Waals surface area contributed by atoms with Crippen molar-refractivity contribution in [1.82, 2.24) is 0 Å². The number of hydrogen-bond acceptors (Lipinski definition) is 6. The van der Waals surface area contributed by atoms with E-state index in [1.165, 1.54) is 27.3 Å². The summed E-state index contributed by atoms with van der Waals surface area (Å²) in [6.07, 6.45) is 13.1. The average Bonchev–Trinajstić information content (AvgIpc) is 3.51. The molecule has 2 aliphatic heterocycles. The molecule has 0 spiro atoms. The second kappa shape index (κ2) is 17.5. The summed E-state index contributed by atoms with van der Waals surface area (Å²) in [6.45, 7) is 10.1. The Balaban J connectivity index is 0.00000567. The SMILES string of the molecule is CC1(C)C(/C=C/C2=C(Cl)C(=C/C=C3/N(CCCCS(=O)(=O)[O-])c4ccc5ccccc5c4C3(C)C)/CCC2)=[N+](CCCCS(=O)(=O)O)c2ccc3ccccc3c21.[Na+]. The van der Waals surface area contributed by atoms with Gasteiger partial charge in [-0.25, -0.2) is 8.42 Å². The standard InChI is InChI=1S/C46H51ClN2O6S2.Na/c1-45(2)40(48(28-9-11-30-56(50,51)52)38-24-20-32-14-5-7-18-36(32)42(38)45)26-22-34-16-13-17-35(44(34)47)23-27-41-46(3,4)43-37-19-8-6-15-33(37)21-25-39(43)49(41)29-10-12-31-57(53,54)55;/h5-8,14-15,18-27H,9-13,16-17,28-31H2,1-4H3,(H-,50,51,52,53,54,55);/q;+1. The number of rotatable bonds is 13. The van der Waals surface area contributed by atoms with E-state index < -0.39 is 20.2 Å². The van der Waals surface area contributed by atoms with Crippen molar-refractivity contribution in [3.63, 3.8) is 0 Å². The van der Waals surface area contributed by atoms with Crippen molar-refractivity contribution < 1.29 is 60.1 Å². The minimum Gasteiger partial charge on any atom is -0.748 e. The molecule has 4 aromatic rings. The third-order valence-corrected chi connectivity index (χ3v) is 14.0. The van der Waals surface area contributed by atoms with Gasteiger partial charge in [0.1, 0.15) is 6.54 Å². The molecular formula is C46H51ClN2NaO6S2+. The Morgan fingerprint density at radius 2 is 1.41 bits per heavy atom. The molecule has 0 saturated carbocycles. The van der Waals surface area contributed by atoms with E-state index in [2.05, 4.69) is 122 Å². The van der Waals surface area contributed by atoms with Crippen molar-refractivity contribution in [3.8, 4) is 0 Å². The number of benzene rings is 4. The van der Waals surface area contributed by atoms with Gasteiger partial charge in [-0.1, -0.05) is 92.2 Å². The molecule has 0 atom stereocenters. The van der Waals surface area contributed by atoms with Crippen LogP contribution in [0.4, 0.5) is 11.4 Å². The molecule has 3 aliphatic rings. The first-order valence-corrected chi connectivity index (χ1v) is 23.4. The summed E-state index contributed by atoms with van der Waals surface area (Å²) in [5, 5.41) is 5.43. The molecule has 0 amide bonds. The fraction of sp³-hybridized carbons (Fsp3) is 0.370. The molecule has 0 fully saturated rings. The second-order valence-corrected chi connectivity index (χ2v) is 20.0. The minimum atomic E-state index is -4.29. The average molecular weight is 850 g/mol. The summed E-state index contributed by atoms with van der Waals surface area (Å²) >= 11 is 7.29. The predicted octanol–water partition coefficient (Wildman–Crippen LogP) is 7.21. The normalized spacial score (nSPS) is 19.2. The molecular weight excluding hydrogens is 799 g/mol. The summed E-state index contributed by atoms with van der Waals surface area (Å²) in [5.74, 6) is -0.642. The number of anilines is 1. The summed E-state index contributed by atoms with van der Waals surface area (Å²) in [4.78, 5) is 2.28. The number of allylic oxidation sites excluding steroid dienone is 8. The van der Waals surface area contributed by atoms with Gasteiger partial charge in [-0.3, -0.25) is 4.55 Å². The van der Waals surface area contributed by atoms with Crippen LogP contribution in [0, 0.1) is 0 Å². The van der Waals surface area contributed by atoms with E-state index in [1.807, 2.05) is 12.1 Å². The van der Waals surface area contributed by atoms with Crippen LogP contribution in [-0.4, -0.2) is 60.8 Å². The van der Waals surface area contributed by atoms with Gasteiger partial charge >= 0.3 is 29.6 Å². The van der Waals surface area contributed by atoms with Gasteiger partial charge in [0, 0.05) is 58.3 Å². The van der Waals surface area contributed by atoms with E-state index in [9.17, 15) is 25.9 Å². The van der Waals surface area contributed by atoms with Crippen molar-refractivity contribution in [1.29, 1.82) is 0 Å². The number of unbranched alkanes of at least 4 members (excludes halogenated alkanes) is 2. The van der Waals surface area contributed by atoms with Crippen molar-refractivity contribution in [2.75, 3.05) is 29.5 Å². The van der Waals surface area contributed by atoms with Gasteiger partial charge in [-0.15, -0.1) is 0 Å². The Kier molecular flexibility index (Phi) is 13.4. The van der Waals surface area contributed by atoms with E-state index in [0.29, 0.717) is 38.8 Å². The predicted molar refractivity (Wildman–Crippen MR) is 233 cm³/mol. The smallest absolute Gasteiger partial charge is 0.748 e. The molecule has 0 unspecified atom stereocenters. The molecule has 300 valence electrons. The van der Waals surface area contributed by atoms with Crippen LogP contribution in [-0.2, 0) is 31.1 Å². The van der Waals surface area contributed by atoms with E-state index in [0.717, 1.165) is 63.6 Å². The number of fused-ring (bicyclic) bond motifs is 6. The first-order chi connectivity index (χ1) is 27.0. The zero-order valence-electron chi connectivity index (χ0n) is 34.1. The van der Waals surface area contributed by atoms with Crippen LogP contribution < -0.4 is 34.5 Å². The van der Waals surface area contributed by atoms with Crippen LogP contribution >= 0.6 is 11.6 Å². The van der Waals surface area contributed by atoms with Crippen LogP contribution in [0.5, 0.6) is 0 Å². The Hall–Kier alpha value is -3.06. The van der Waals surface area contributed by atoms with Crippen LogP contribution in [0.25, 0.3) is 21.5 Å². The Bertz CT molecular complexity index is 2640. The Morgan fingerprint density at radius 3 is 2.09 bits per heavy atom. The van der Waals surface area contributed by atoms with E-state index >= 15 is 0 Å². The first-order valence-electron chi connectivity index (χ1n) is 19.8. The van der Waals surface area contributed by atoms with Crippen molar-refractivity contribution >= 4 is 70.5 Å². The van der Waals surface area contributed by atoms with Gasteiger partial charge in [-0.05, 0) is 109 Å². The van der Waals surface area contributed by atoms with Gasteiger partial charge in [0.2, 0.25) is 5.69 Å². The quantitative estimate of drug-likeness (QED) is 0.0655. The Morgan fingerprint density at radius 1 is 0.776 bits per heavy atom. The van der Waals surface area contributed by atoms with Gasteiger partial charge in [0.25, 0.3) is 10.1 Å². The first kappa shape index (κ1) is 44.5. The number of nitrogens with zero attached hydrogens (tertiary/aromatic N) is 2. The summed E-state index contributed by atoms with van der Waals surface area (Å²) in [6, 6.07) is 25.3. The summed E-state index contributed by atoms with van der Waals surface area (Å²) in [5.41, 5.74) is 8.25. The fourth-order valence-electron chi connectivity index (χ4n) is 9.22. The maximum absolute atomic E-state index is 11.5. The maximum Gasteiger partial charge on any atom is 1.00 e. The largest absolute Gasteiger partial charge is 1.00 e. The van der Waals surface area contributed by atoms with Crippen LogP contribution in [0.2, 0.25) is 0 Å². The molecule has 0 bridgehead atoms. The van der Waals surface area contributed by atoms with E-state index in [-0.39, 0.29) is 51.9 Å². The number of halogens is 1. The third kappa shape index (κ3) is 9.15. The molecule has 4 aromatic carbocycles. The minimum absolute atomic E-state index is 0. The second-order valence-electron chi connectivity index (χ2n) is 16.5. The van der Waals surface area contributed by atoms with Crippen molar-refractivity contribution in [2.24, 2.45) is 0 Å². The summed E-state index contributed by atoms with van der Waals surface area (Å²) < 4.78 is 68.8. The molecule has 0 radical (unpaired) electrons.